The number of nitrogens with zero attached hydrogens (tertiary/aromatic N) is 2. The maximum Gasteiger partial charge on any atom is 0.246 e. The topological polar surface area (TPSA) is 53.0 Å². The number of allylic oxidation sites excluding steroid dienone is 1. The summed E-state index contributed by atoms with van der Waals surface area (Å²) in [6.07, 6.45) is 1.67. The van der Waals surface area contributed by atoms with Crippen LogP contribution in [0.1, 0.15) is 13.8 Å². The van der Waals surface area contributed by atoms with Crippen molar-refractivity contribution in [2.45, 2.75) is 13.8 Å². The Morgan fingerprint density at radius 3 is 2.60 bits per heavy atom. The monoisotopic (exact) mass is 284 g/mol. The molecule has 1 N–H and O–H groups in total. The van der Waals surface area contributed by atoms with Gasteiger partial charge in [-0.15, -0.1) is 0 Å². The predicted octanol–water partition coefficient (Wildman–Crippen LogP) is 0.598. The summed E-state index contributed by atoms with van der Waals surface area (Å²) in [6, 6.07) is 0. The van der Waals surface area contributed by atoms with Crippen LogP contribution in [0.3, 0.4) is 0 Å². The van der Waals surface area contributed by atoms with Crippen LogP contribution in [0.15, 0.2) is 11.6 Å². The molecule has 1 heterocycles. The lowest BCUT2D eigenvalue weighted by Gasteiger charge is -2.23. The van der Waals surface area contributed by atoms with Crippen LogP contribution >= 0.6 is 0 Å². The molecule has 0 aliphatic carbocycles. The van der Waals surface area contributed by atoms with Gasteiger partial charge in [-0.3, -0.25) is 4.79 Å². The third kappa shape index (κ3) is 5.23. The zero-order valence-corrected chi connectivity index (χ0v) is 13.1. The number of hydrogen-bond donors (Lipinski definition) is 1. The van der Waals surface area contributed by atoms with Gasteiger partial charge in [0.1, 0.15) is 0 Å². The molecule has 0 aromatic carbocycles. The molecular weight excluding hydrogens is 256 g/mol. The molecule has 20 heavy (non-hydrogen) atoms. The molecule has 0 bridgehead atoms. The van der Waals surface area contributed by atoms with E-state index in [4.69, 9.17) is 4.74 Å². The maximum absolute atomic E-state index is 12.1. The molecule has 1 aliphatic rings. The molecule has 1 amide bonds. The SMILES string of the molecule is COCCN(C)CC1CN(C(=O)C=C(C)C)CC1CO. The van der Waals surface area contributed by atoms with E-state index in [-0.39, 0.29) is 18.4 Å². The summed E-state index contributed by atoms with van der Waals surface area (Å²) < 4.78 is 5.07. The van der Waals surface area contributed by atoms with Gasteiger partial charge >= 0.3 is 0 Å². The van der Waals surface area contributed by atoms with E-state index in [2.05, 4.69) is 4.90 Å². The highest BCUT2D eigenvalue weighted by atomic mass is 16.5. The first kappa shape index (κ1) is 17.1. The van der Waals surface area contributed by atoms with Crippen molar-refractivity contribution in [1.82, 2.24) is 9.80 Å². The van der Waals surface area contributed by atoms with Crippen LogP contribution in [-0.4, -0.2) is 74.4 Å². The van der Waals surface area contributed by atoms with Gasteiger partial charge in [-0.25, -0.2) is 0 Å². The van der Waals surface area contributed by atoms with Crippen LogP contribution in [0.2, 0.25) is 0 Å². The first-order valence-corrected chi connectivity index (χ1v) is 7.20. The average Bonchev–Trinajstić information content (AvgIpc) is 2.78. The van der Waals surface area contributed by atoms with Crippen molar-refractivity contribution in [2.75, 3.05) is 53.6 Å². The highest BCUT2D eigenvalue weighted by molar-refractivity contribution is 5.88. The van der Waals surface area contributed by atoms with Gasteiger partial charge in [-0.2, -0.15) is 0 Å². The molecule has 1 aliphatic heterocycles. The van der Waals surface area contributed by atoms with Gasteiger partial charge in [-0.05, 0) is 26.8 Å². The highest BCUT2D eigenvalue weighted by Gasteiger charge is 2.34. The van der Waals surface area contributed by atoms with Gasteiger partial charge in [0.05, 0.1) is 6.61 Å². The van der Waals surface area contributed by atoms with E-state index in [0.29, 0.717) is 19.1 Å². The summed E-state index contributed by atoms with van der Waals surface area (Å²) in [5, 5.41) is 9.51. The molecule has 116 valence electrons. The van der Waals surface area contributed by atoms with E-state index in [1.165, 1.54) is 0 Å². The average molecular weight is 284 g/mol. The van der Waals surface area contributed by atoms with E-state index in [1.807, 2.05) is 25.8 Å². The predicted molar refractivity (Wildman–Crippen MR) is 79.4 cm³/mol. The number of rotatable bonds is 7. The smallest absolute Gasteiger partial charge is 0.246 e. The van der Waals surface area contributed by atoms with Gasteiger partial charge in [0.25, 0.3) is 0 Å². The molecule has 0 spiro atoms. The quantitative estimate of drug-likeness (QED) is 0.696. The summed E-state index contributed by atoms with van der Waals surface area (Å²) in [4.78, 5) is 16.1. The fourth-order valence-corrected chi connectivity index (χ4v) is 2.61. The Hall–Kier alpha value is -0.910. The van der Waals surface area contributed by atoms with E-state index >= 15 is 0 Å². The van der Waals surface area contributed by atoms with Crippen molar-refractivity contribution in [1.29, 1.82) is 0 Å². The van der Waals surface area contributed by atoms with Crippen molar-refractivity contribution in [3.8, 4) is 0 Å². The number of amides is 1. The Morgan fingerprint density at radius 1 is 1.40 bits per heavy atom. The molecular formula is C15H28N2O3. The summed E-state index contributed by atoms with van der Waals surface area (Å²) in [7, 11) is 3.74. The lowest BCUT2D eigenvalue weighted by atomic mass is 9.96. The Labute approximate surface area is 122 Å². The lowest BCUT2D eigenvalue weighted by molar-refractivity contribution is -0.125. The van der Waals surface area contributed by atoms with Crippen molar-refractivity contribution in [2.24, 2.45) is 11.8 Å². The third-order valence-electron chi connectivity index (χ3n) is 3.76. The molecule has 2 atom stereocenters. The minimum Gasteiger partial charge on any atom is -0.396 e. The Bertz CT molecular complexity index is 340. The van der Waals surface area contributed by atoms with E-state index in [0.717, 1.165) is 25.2 Å². The molecule has 2 unspecified atom stereocenters. The number of methoxy groups -OCH3 is 1. The molecule has 5 heteroatoms. The number of aliphatic hydroxyl groups excluding tert-OH is 1. The van der Waals surface area contributed by atoms with Crippen molar-refractivity contribution in [3.63, 3.8) is 0 Å². The summed E-state index contributed by atoms with van der Waals surface area (Å²) in [5.74, 6) is 0.566. The van der Waals surface area contributed by atoms with Crippen LogP contribution in [0.4, 0.5) is 0 Å². The number of aliphatic hydroxyl groups is 1. The van der Waals surface area contributed by atoms with Gasteiger partial charge in [0, 0.05) is 51.9 Å². The number of carbonyl (C=O) groups excluding carboxylic acids is 1. The zero-order chi connectivity index (χ0) is 15.1. The van der Waals surface area contributed by atoms with Crippen molar-refractivity contribution >= 4 is 5.91 Å². The molecule has 1 rings (SSSR count). The van der Waals surface area contributed by atoms with Crippen molar-refractivity contribution < 1.29 is 14.6 Å². The summed E-state index contributed by atoms with van der Waals surface area (Å²) in [6.45, 7) is 7.82. The zero-order valence-electron chi connectivity index (χ0n) is 13.1. The largest absolute Gasteiger partial charge is 0.396 e. The molecule has 1 saturated heterocycles. The summed E-state index contributed by atoms with van der Waals surface area (Å²) in [5.41, 5.74) is 1.01. The Morgan fingerprint density at radius 2 is 2.05 bits per heavy atom. The third-order valence-corrected chi connectivity index (χ3v) is 3.76. The minimum atomic E-state index is 0.0606. The van der Waals surface area contributed by atoms with Crippen LogP contribution in [0, 0.1) is 11.8 Å². The van der Waals surface area contributed by atoms with Gasteiger partial charge in [0.15, 0.2) is 0 Å². The lowest BCUT2D eigenvalue weighted by Crippen LogP contribution is -2.33. The van der Waals surface area contributed by atoms with Crippen molar-refractivity contribution in [3.05, 3.63) is 11.6 Å². The normalized spacial score (nSPS) is 22.4. The standard InChI is InChI=1S/C15H28N2O3/c1-12(2)7-15(19)17-9-13(14(10-17)11-18)8-16(3)5-6-20-4/h7,13-14,18H,5-6,8-11H2,1-4H3. The fraction of sp³-hybridized carbons (Fsp3) is 0.800. The molecule has 1 fully saturated rings. The molecule has 0 radical (unpaired) electrons. The van der Waals surface area contributed by atoms with E-state index < -0.39 is 0 Å². The van der Waals surface area contributed by atoms with Gasteiger partial charge < -0.3 is 19.6 Å². The van der Waals surface area contributed by atoms with Gasteiger partial charge in [0.2, 0.25) is 5.91 Å². The number of likely N-dealkylation sites (N-methyl/N-ethyl adjacent to an activating group) is 1. The van der Waals surface area contributed by atoms with Crippen LogP contribution in [0.5, 0.6) is 0 Å². The van der Waals surface area contributed by atoms with E-state index in [1.54, 1.807) is 13.2 Å². The number of ether oxygens (including phenoxy) is 1. The van der Waals surface area contributed by atoms with Crippen LogP contribution < -0.4 is 0 Å². The first-order chi connectivity index (χ1) is 9.47. The Kier molecular flexibility index (Phi) is 7.19. The number of hydrogen-bond acceptors (Lipinski definition) is 4. The second kappa shape index (κ2) is 8.39. The number of carbonyl (C=O) groups is 1. The number of likely N-dealkylation sites (tertiary alicyclic amines) is 1. The van der Waals surface area contributed by atoms with Crippen LogP contribution in [-0.2, 0) is 9.53 Å². The van der Waals surface area contributed by atoms with Crippen LogP contribution in [0.25, 0.3) is 0 Å². The second-order valence-electron chi connectivity index (χ2n) is 5.92. The fourth-order valence-electron chi connectivity index (χ4n) is 2.61. The first-order valence-electron chi connectivity index (χ1n) is 7.20. The molecule has 5 nitrogen and oxygen atoms in total. The minimum absolute atomic E-state index is 0.0606. The molecule has 0 aromatic heterocycles. The Balaban J connectivity index is 2.55. The maximum atomic E-state index is 12.1. The molecule has 0 aromatic rings. The highest BCUT2D eigenvalue weighted by Crippen LogP contribution is 2.24. The van der Waals surface area contributed by atoms with Gasteiger partial charge in [-0.1, -0.05) is 5.57 Å². The summed E-state index contributed by atoms with van der Waals surface area (Å²) >= 11 is 0. The second-order valence-corrected chi connectivity index (χ2v) is 5.92. The van der Waals surface area contributed by atoms with E-state index in [9.17, 15) is 9.90 Å². The molecule has 0 saturated carbocycles.